The SMILES string of the molecule is C=CCN(Cc1csc(CNCC(C)C)n1)C(C)(C)C. The molecule has 3 nitrogen and oxygen atoms in total. The van der Waals surface area contributed by atoms with E-state index < -0.39 is 0 Å². The fraction of sp³-hybridized carbons (Fsp3) is 0.688. The maximum Gasteiger partial charge on any atom is 0.107 e. The predicted molar refractivity (Wildman–Crippen MR) is 89.0 cm³/mol. The van der Waals surface area contributed by atoms with E-state index in [0.29, 0.717) is 5.92 Å². The minimum atomic E-state index is 0.133. The normalized spacial score (nSPS) is 12.3. The predicted octanol–water partition coefficient (Wildman–Crippen LogP) is 3.68. The molecule has 0 aliphatic carbocycles. The number of nitrogens with zero attached hydrogens (tertiary/aromatic N) is 2. The lowest BCUT2D eigenvalue weighted by Gasteiger charge is -2.34. The van der Waals surface area contributed by atoms with Crippen LogP contribution < -0.4 is 5.32 Å². The monoisotopic (exact) mass is 295 g/mol. The van der Waals surface area contributed by atoms with Gasteiger partial charge in [0.15, 0.2) is 0 Å². The first-order valence-electron chi connectivity index (χ1n) is 7.33. The van der Waals surface area contributed by atoms with Gasteiger partial charge in [0.25, 0.3) is 0 Å². The first kappa shape index (κ1) is 17.3. The number of thiazole rings is 1. The van der Waals surface area contributed by atoms with Crippen LogP contribution in [0.4, 0.5) is 0 Å². The molecule has 0 radical (unpaired) electrons. The number of hydrogen-bond acceptors (Lipinski definition) is 4. The third-order valence-electron chi connectivity index (χ3n) is 3.08. The minimum absolute atomic E-state index is 0.133. The molecule has 0 bridgehead atoms. The number of rotatable bonds is 8. The van der Waals surface area contributed by atoms with Gasteiger partial charge in [-0.05, 0) is 33.2 Å². The van der Waals surface area contributed by atoms with Crippen LogP contribution in [0.1, 0.15) is 45.3 Å². The van der Waals surface area contributed by atoms with Crippen LogP contribution in [0.15, 0.2) is 18.0 Å². The molecule has 0 unspecified atom stereocenters. The van der Waals surface area contributed by atoms with Gasteiger partial charge in [0.1, 0.15) is 5.01 Å². The van der Waals surface area contributed by atoms with E-state index in [9.17, 15) is 0 Å². The largest absolute Gasteiger partial charge is 0.310 e. The average molecular weight is 295 g/mol. The second kappa shape index (κ2) is 7.91. The second-order valence-electron chi connectivity index (χ2n) is 6.60. The summed E-state index contributed by atoms with van der Waals surface area (Å²) in [6.07, 6.45) is 1.96. The molecule has 0 spiro atoms. The Kier molecular flexibility index (Phi) is 6.86. The number of aromatic nitrogens is 1. The Bertz CT molecular complexity index is 404. The van der Waals surface area contributed by atoms with Crippen LogP contribution in [0.25, 0.3) is 0 Å². The molecule has 4 heteroatoms. The molecule has 0 saturated carbocycles. The summed E-state index contributed by atoms with van der Waals surface area (Å²) in [7, 11) is 0. The van der Waals surface area contributed by atoms with Crippen molar-refractivity contribution < 1.29 is 0 Å². The molecule has 1 aromatic rings. The Morgan fingerprint density at radius 2 is 2.15 bits per heavy atom. The lowest BCUT2D eigenvalue weighted by atomic mass is 10.1. The van der Waals surface area contributed by atoms with Crippen LogP contribution in [-0.4, -0.2) is 28.5 Å². The lowest BCUT2D eigenvalue weighted by Crippen LogP contribution is -2.40. The molecule has 0 atom stereocenters. The number of hydrogen-bond donors (Lipinski definition) is 1. The smallest absolute Gasteiger partial charge is 0.107 e. The Morgan fingerprint density at radius 1 is 1.45 bits per heavy atom. The molecule has 0 aliphatic heterocycles. The average Bonchev–Trinajstić information content (AvgIpc) is 2.74. The van der Waals surface area contributed by atoms with E-state index in [-0.39, 0.29) is 5.54 Å². The highest BCUT2D eigenvalue weighted by Crippen LogP contribution is 2.18. The molecule has 114 valence electrons. The summed E-state index contributed by atoms with van der Waals surface area (Å²) < 4.78 is 0. The molecule has 0 amide bonds. The zero-order valence-electron chi connectivity index (χ0n) is 13.6. The van der Waals surface area contributed by atoms with E-state index >= 15 is 0 Å². The van der Waals surface area contributed by atoms with Crippen LogP contribution >= 0.6 is 11.3 Å². The lowest BCUT2D eigenvalue weighted by molar-refractivity contribution is 0.144. The van der Waals surface area contributed by atoms with E-state index in [0.717, 1.165) is 31.9 Å². The topological polar surface area (TPSA) is 28.2 Å². The molecule has 0 saturated heterocycles. The van der Waals surface area contributed by atoms with Gasteiger partial charge in [-0.2, -0.15) is 0 Å². The molecule has 20 heavy (non-hydrogen) atoms. The third-order valence-corrected chi connectivity index (χ3v) is 3.98. The van der Waals surface area contributed by atoms with E-state index in [1.807, 2.05) is 6.08 Å². The van der Waals surface area contributed by atoms with Crippen molar-refractivity contribution in [2.24, 2.45) is 5.92 Å². The minimum Gasteiger partial charge on any atom is -0.310 e. The van der Waals surface area contributed by atoms with Crippen molar-refractivity contribution in [3.63, 3.8) is 0 Å². The van der Waals surface area contributed by atoms with Gasteiger partial charge in [-0.15, -0.1) is 17.9 Å². The maximum absolute atomic E-state index is 4.72. The Labute approximate surface area is 128 Å². The summed E-state index contributed by atoms with van der Waals surface area (Å²) in [6, 6.07) is 0. The van der Waals surface area contributed by atoms with E-state index in [1.54, 1.807) is 11.3 Å². The zero-order valence-corrected chi connectivity index (χ0v) is 14.4. The van der Waals surface area contributed by atoms with Gasteiger partial charge in [0.05, 0.1) is 5.69 Å². The van der Waals surface area contributed by atoms with Crippen molar-refractivity contribution in [1.29, 1.82) is 0 Å². The Balaban J connectivity index is 2.55. The van der Waals surface area contributed by atoms with Crippen molar-refractivity contribution in [2.75, 3.05) is 13.1 Å². The van der Waals surface area contributed by atoms with Gasteiger partial charge in [-0.25, -0.2) is 4.98 Å². The Hall–Kier alpha value is -0.710. The van der Waals surface area contributed by atoms with Crippen molar-refractivity contribution in [3.05, 3.63) is 28.7 Å². The van der Waals surface area contributed by atoms with Crippen molar-refractivity contribution in [2.45, 2.75) is 53.2 Å². The molecule has 0 aliphatic rings. The van der Waals surface area contributed by atoms with E-state index in [1.165, 1.54) is 5.01 Å². The summed E-state index contributed by atoms with van der Waals surface area (Å²) in [5.74, 6) is 0.679. The Morgan fingerprint density at radius 3 is 2.70 bits per heavy atom. The van der Waals surface area contributed by atoms with Crippen LogP contribution in [0, 0.1) is 5.92 Å². The molecule has 1 rings (SSSR count). The summed E-state index contributed by atoms with van der Waals surface area (Å²) in [5.41, 5.74) is 1.29. The number of nitrogens with one attached hydrogen (secondary N) is 1. The van der Waals surface area contributed by atoms with Crippen molar-refractivity contribution >= 4 is 11.3 Å². The first-order chi connectivity index (χ1) is 9.32. The molecule has 1 aromatic heterocycles. The second-order valence-corrected chi connectivity index (χ2v) is 7.54. The van der Waals surface area contributed by atoms with Crippen LogP contribution in [0.3, 0.4) is 0 Å². The van der Waals surface area contributed by atoms with Crippen molar-refractivity contribution in [1.82, 2.24) is 15.2 Å². The van der Waals surface area contributed by atoms with Gasteiger partial charge < -0.3 is 5.32 Å². The fourth-order valence-corrected chi connectivity index (χ4v) is 2.65. The fourth-order valence-electron chi connectivity index (χ4n) is 1.90. The van der Waals surface area contributed by atoms with Crippen LogP contribution in [0.2, 0.25) is 0 Å². The molecule has 0 aromatic carbocycles. The van der Waals surface area contributed by atoms with Crippen LogP contribution in [-0.2, 0) is 13.1 Å². The van der Waals surface area contributed by atoms with Gasteiger partial charge in [-0.1, -0.05) is 19.9 Å². The van der Waals surface area contributed by atoms with E-state index in [4.69, 9.17) is 4.98 Å². The summed E-state index contributed by atoms with van der Waals surface area (Å²) in [4.78, 5) is 7.11. The quantitative estimate of drug-likeness (QED) is 0.742. The highest BCUT2D eigenvalue weighted by molar-refractivity contribution is 7.09. The first-order valence-corrected chi connectivity index (χ1v) is 8.21. The highest BCUT2D eigenvalue weighted by Gasteiger charge is 2.21. The maximum atomic E-state index is 4.72. The van der Waals surface area contributed by atoms with Crippen LogP contribution in [0.5, 0.6) is 0 Å². The molecule has 1 N–H and O–H groups in total. The molecular formula is C16H29N3S. The van der Waals surface area contributed by atoms with E-state index in [2.05, 4.69) is 56.8 Å². The van der Waals surface area contributed by atoms with Gasteiger partial charge >= 0.3 is 0 Å². The third kappa shape index (κ3) is 6.16. The summed E-state index contributed by atoms with van der Waals surface area (Å²) in [5, 5.41) is 6.79. The molecular weight excluding hydrogens is 266 g/mol. The highest BCUT2D eigenvalue weighted by atomic mass is 32.1. The zero-order chi connectivity index (χ0) is 15.2. The molecule has 1 heterocycles. The summed E-state index contributed by atoms with van der Waals surface area (Å²) in [6.45, 7) is 18.7. The summed E-state index contributed by atoms with van der Waals surface area (Å²) >= 11 is 1.75. The van der Waals surface area contributed by atoms with Gasteiger partial charge in [0.2, 0.25) is 0 Å². The standard InChI is InChI=1S/C16H29N3S/c1-7-8-19(16(4,5)6)11-14-12-20-15(18-14)10-17-9-13(2)3/h7,12-13,17H,1,8-11H2,2-6H3. The van der Waals surface area contributed by atoms with Gasteiger partial charge in [-0.3, -0.25) is 4.90 Å². The van der Waals surface area contributed by atoms with Crippen molar-refractivity contribution in [3.8, 4) is 0 Å². The van der Waals surface area contributed by atoms with Gasteiger partial charge in [0, 0.05) is 30.6 Å². The molecule has 0 fully saturated rings.